The first kappa shape index (κ1) is 14.0. The molecular weight excluding hydrogens is 240 g/mol. The Morgan fingerprint density at radius 1 is 1.32 bits per heavy atom. The minimum atomic E-state index is -0.750. The first-order chi connectivity index (χ1) is 9.15. The molecule has 0 unspecified atom stereocenters. The molecule has 19 heavy (non-hydrogen) atoms. The van der Waals surface area contributed by atoms with Crippen molar-refractivity contribution in [1.82, 2.24) is 9.97 Å². The van der Waals surface area contributed by atoms with Gasteiger partial charge in [0, 0.05) is 30.1 Å². The summed E-state index contributed by atoms with van der Waals surface area (Å²) in [5.74, 6) is 0.635. The summed E-state index contributed by atoms with van der Waals surface area (Å²) >= 11 is 0. The molecule has 0 amide bonds. The lowest BCUT2D eigenvalue weighted by molar-refractivity contribution is -0.137. The van der Waals surface area contributed by atoms with E-state index in [-0.39, 0.29) is 6.42 Å². The molecule has 4 nitrogen and oxygen atoms in total. The van der Waals surface area contributed by atoms with E-state index in [4.69, 9.17) is 5.11 Å². The van der Waals surface area contributed by atoms with Gasteiger partial charge < -0.3 is 5.11 Å². The van der Waals surface area contributed by atoms with E-state index in [1.165, 1.54) is 32.1 Å². The molecule has 104 valence electrons. The predicted octanol–water partition coefficient (Wildman–Crippen LogP) is 3.24. The molecule has 0 saturated heterocycles. The van der Waals surface area contributed by atoms with Gasteiger partial charge in [-0.3, -0.25) is 4.79 Å². The third-order valence-electron chi connectivity index (χ3n) is 3.73. The molecule has 2 rings (SSSR count). The highest BCUT2D eigenvalue weighted by Crippen LogP contribution is 2.31. The van der Waals surface area contributed by atoms with Crippen LogP contribution in [0.4, 0.5) is 0 Å². The quantitative estimate of drug-likeness (QED) is 0.884. The lowest BCUT2D eigenvalue weighted by Gasteiger charge is -2.21. The highest BCUT2D eigenvalue weighted by molar-refractivity contribution is 5.66. The SMILES string of the molecule is Cc1cc(C2CCCCC2)nc(CCCC(=O)O)n1. The monoisotopic (exact) mass is 262 g/mol. The van der Waals surface area contributed by atoms with E-state index >= 15 is 0 Å². The van der Waals surface area contributed by atoms with Crippen LogP contribution in [-0.4, -0.2) is 21.0 Å². The summed E-state index contributed by atoms with van der Waals surface area (Å²) < 4.78 is 0. The van der Waals surface area contributed by atoms with Gasteiger partial charge in [0.2, 0.25) is 0 Å². The number of hydrogen-bond acceptors (Lipinski definition) is 3. The third-order valence-corrected chi connectivity index (χ3v) is 3.73. The van der Waals surface area contributed by atoms with Gasteiger partial charge >= 0.3 is 5.97 Å². The Balaban J connectivity index is 2.03. The summed E-state index contributed by atoms with van der Waals surface area (Å²) in [4.78, 5) is 19.6. The lowest BCUT2D eigenvalue weighted by atomic mass is 9.86. The fraction of sp³-hybridized carbons (Fsp3) is 0.667. The first-order valence-electron chi connectivity index (χ1n) is 7.21. The molecule has 1 N–H and O–H groups in total. The fourth-order valence-corrected chi connectivity index (χ4v) is 2.77. The van der Waals surface area contributed by atoms with E-state index in [9.17, 15) is 4.79 Å². The van der Waals surface area contributed by atoms with Crippen LogP contribution in [0, 0.1) is 6.92 Å². The highest BCUT2D eigenvalue weighted by atomic mass is 16.4. The number of rotatable bonds is 5. The Bertz CT molecular complexity index is 440. The molecule has 0 radical (unpaired) electrons. The topological polar surface area (TPSA) is 63.1 Å². The summed E-state index contributed by atoms with van der Waals surface area (Å²) in [5.41, 5.74) is 2.17. The predicted molar refractivity (Wildman–Crippen MR) is 73.2 cm³/mol. The molecule has 1 aromatic heterocycles. The average molecular weight is 262 g/mol. The van der Waals surface area contributed by atoms with Crippen LogP contribution >= 0.6 is 0 Å². The van der Waals surface area contributed by atoms with Crippen molar-refractivity contribution < 1.29 is 9.90 Å². The highest BCUT2D eigenvalue weighted by Gasteiger charge is 2.17. The Morgan fingerprint density at radius 3 is 2.74 bits per heavy atom. The second-order valence-corrected chi connectivity index (χ2v) is 5.43. The van der Waals surface area contributed by atoms with Gasteiger partial charge in [-0.2, -0.15) is 0 Å². The molecule has 1 heterocycles. The van der Waals surface area contributed by atoms with Crippen LogP contribution in [0.5, 0.6) is 0 Å². The van der Waals surface area contributed by atoms with Gasteiger partial charge in [-0.25, -0.2) is 9.97 Å². The largest absolute Gasteiger partial charge is 0.481 e. The number of aryl methyl sites for hydroxylation is 2. The van der Waals surface area contributed by atoms with Crippen molar-refractivity contribution in [3.8, 4) is 0 Å². The van der Waals surface area contributed by atoms with E-state index in [1.807, 2.05) is 6.92 Å². The summed E-state index contributed by atoms with van der Waals surface area (Å²) in [6.07, 6.45) is 7.85. The zero-order valence-electron chi connectivity index (χ0n) is 11.6. The third kappa shape index (κ3) is 4.30. The van der Waals surface area contributed by atoms with Crippen molar-refractivity contribution >= 4 is 5.97 Å². The molecular formula is C15H22N2O2. The second-order valence-electron chi connectivity index (χ2n) is 5.43. The molecule has 0 aromatic carbocycles. The van der Waals surface area contributed by atoms with Crippen molar-refractivity contribution in [3.63, 3.8) is 0 Å². The number of carboxylic acids is 1. The number of aliphatic carboxylic acids is 1. The van der Waals surface area contributed by atoms with Crippen LogP contribution in [0.1, 0.15) is 68.1 Å². The zero-order valence-corrected chi connectivity index (χ0v) is 11.6. The molecule has 1 fully saturated rings. The maximum atomic E-state index is 10.5. The molecule has 1 aliphatic carbocycles. The van der Waals surface area contributed by atoms with Crippen LogP contribution in [0.2, 0.25) is 0 Å². The number of nitrogens with zero attached hydrogens (tertiary/aromatic N) is 2. The Labute approximate surface area is 114 Å². The van der Waals surface area contributed by atoms with Gasteiger partial charge in [0.05, 0.1) is 0 Å². The minimum absolute atomic E-state index is 0.191. The second kappa shape index (κ2) is 6.64. The number of hydrogen-bond donors (Lipinski definition) is 1. The van der Waals surface area contributed by atoms with Gasteiger partial charge in [0.1, 0.15) is 5.82 Å². The van der Waals surface area contributed by atoms with Crippen LogP contribution < -0.4 is 0 Å². The van der Waals surface area contributed by atoms with Crippen LogP contribution in [-0.2, 0) is 11.2 Å². The van der Waals surface area contributed by atoms with Gasteiger partial charge in [-0.15, -0.1) is 0 Å². The van der Waals surface area contributed by atoms with Crippen LogP contribution in [0.15, 0.2) is 6.07 Å². The van der Waals surface area contributed by atoms with E-state index in [2.05, 4.69) is 16.0 Å². The maximum Gasteiger partial charge on any atom is 0.303 e. The molecule has 1 aliphatic rings. The summed E-state index contributed by atoms with van der Waals surface area (Å²) in [5, 5.41) is 8.66. The van der Waals surface area contributed by atoms with Crippen molar-refractivity contribution in [3.05, 3.63) is 23.3 Å². The van der Waals surface area contributed by atoms with E-state index < -0.39 is 5.97 Å². The van der Waals surface area contributed by atoms with Gasteiger partial charge in [-0.05, 0) is 32.3 Å². The van der Waals surface area contributed by atoms with Crippen molar-refractivity contribution in [2.75, 3.05) is 0 Å². The summed E-state index contributed by atoms with van der Waals surface area (Å²) in [6, 6.07) is 2.09. The van der Waals surface area contributed by atoms with Crippen molar-refractivity contribution in [1.29, 1.82) is 0 Å². The fourth-order valence-electron chi connectivity index (χ4n) is 2.77. The van der Waals surface area contributed by atoms with Crippen molar-refractivity contribution in [2.24, 2.45) is 0 Å². The molecule has 0 bridgehead atoms. The summed E-state index contributed by atoms with van der Waals surface area (Å²) in [6.45, 7) is 1.99. The van der Waals surface area contributed by atoms with Crippen LogP contribution in [0.25, 0.3) is 0 Å². The maximum absolute atomic E-state index is 10.5. The zero-order chi connectivity index (χ0) is 13.7. The summed E-state index contributed by atoms with van der Waals surface area (Å²) in [7, 11) is 0. The molecule has 1 aromatic rings. The van der Waals surface area contributed by atoms with Gasteiger partial charge in [0.25, 0.3) is 0 Å². The normalized spacial score (nSPS) is 16.5. The first-order valence-corrected chi connectivity index (χ1v) is 7.21. The Hall–Kier alpha value is -1.45. The molecule has 0 atom stereocenters. The number of carboxylic acid groups (broad SMARTS) is 1. The molecule has 0 aliphatic heterocycles. The lowest BCUT2D eigenvalue weighted by Crippen LogP contribution is -2.10. The Kier molecular flexibility index (Phi) is 4.88. The number of aromatic nitrogens is 2. The van der Waals surface area contributed by atoms with Gasteiger partial charge in [0.15, 0.2) is 0 Å². The van der Waals surface area contributed by atoms with E-state index in [0.29, 0.717) is 18.8 Å². The van der Waals surface area contributed by atoms with Crippen LogP contribution in [0.3, 0.4) is 0 Å². The standard InChI is InChI=1S/C15H22N2O2/c1-11-10-13(12-6-3-2-4-7-12)17-14(16-11)8-5-9-15(18)19/h10,12H,2-9H2,1H3,(H,18,19). The smallest absolute Gasteiger partial charge is 0.303 e. The van der Waals surface area contributed by atoms with Gasteiger partial charge in [-0.1, -0.05) is 19.3 Å². The van der Waals surface area contributed by atoms with E-state index in [0.717, 1.165) is 17.2 Å². The van der Waals surface area contributed by atoms with E-state index in [1.54, 1.807) is 0 Å². The molecule has 1 saturated carbocycles. The molecule has 4 heteroatoms. The minimum Gasteiger partial charge on any atom is -0.481 e. The average Bonchev–Trinajstić information content (AvgIpc) is 2.39. The van der Waals surface area contributed by atoms with Crippen molar-refractivity contribution in [2.45, 2.75) is 64.2 Å². The Morgan fingerprint density at radius 2 is 2.05 bits per heavy atom. The number of carbonyl (C=O) groups is 1. The molecule has 0 spiro atoms.